The molecule has 4 nitrogen and oxygen atoms in total. The minimum atomic E-state index is -5.09. The van der Waals surface area contributed by atoms with Gasteiger partial charge in [-0.05, 0) is 47.9 Å². The molecule has 0 N–H and O–H groups in total. The number of amides is 2. The summed E-state index contributed by atoms with van der Waals surface area (Å²) in [6, 6.07) is 14.3. The number of hydrogen-bond donors (Lipinski definition) is 0. The number of halogens is 7. The third-order valence-corrected chi connectivity index (χ3v) is 6.51. The van der Waals surface area contributed by atoms with Crippen molar-refractivity contribution in [1.82, 2.24) is 9.80 Å². The molecule has 0 radical (unpaired) electrons. The molecule has 1 fully saturated rings. The second-order valence-corrected chi connectivity index (χ2v) is 9.28. The smallest absolute Gasteiger partial charge is 0.339 e. The lowest BCUT2D eigenvalue weighted by Crippen LogP contribution is -2.57. The maximum absolute atomic E-state index is 13.4. The van der Waals surface area contributed by atoms with Gasteiger partial charge in [0.15, 0.2) is 0 Å². The Kier molecular flexibility index (Phi) is 7.99. The van der Waals surface area contributed by atoms with E-state index in [4.69, 9.17) is 0 Å². The zero-order chi connectivity index (χ0) is 28.4. The fourth-order valence-corrected chi connectivity index (χ4v) is 4.54. The molecule has 3 aromatic rings. The number of carbonyl (C=O) groups excluding carboxylic acids is 2. The number of hydrogen-bond acceptors (Lipinski definition) is 2. The summed E-state index contributed by atoms with van der Waals surface area (Å²) in [6.07, 6.45) is -10.00. The van der Waals surface area contributed by atoms with Gasteiger partial charge in [0.25, 0.3) is 5.91 Å². The van der Waals surface area contributed by atoms with Gasteiger partial charge in [-0.3, -0.25) is 9.59 Å². The van der Waals surface area contributed by atoms with E-state index in [1.807, 2.05) is 0 Å². The maximum atomic E-state index is 13.4. The van der Waals surface area contributed by atoms with Crippen molar-refractivity contribution >= 4 is 11.8 Å². The normalized spacial score (nSPS) is 16.3. The molecule has 0 aliphatic carbocycles. The first-order valence-corrected chi connectivity index (χ1v) is 12.0. The molecule has 1 atom stereocenters. The Morgan fingerprint density at radius 1 is 0.769 bits per heavy atom. The predicted molar refractivity (Wildman–Crippen MR) is 128 cm³/mol. The Morgan fingerprint density at radius 3 is 1.92 bits per heavy atom. The highest BCUT2D eigenvalue weighted by atomic mass is 19.4. The molecule has 3 aromatic carbocycles. The molecule has 39 heavy (non-hydrogen) atoms. The summed E-state index contributed by atoms with van der Waals surface area (Å²) >= 11 is 0. The molecule has 206 valence electrons. The van der Waals surface area contributed by atoms with Gasteiger partial charge in [0.1, 0.15) is 5.82 Å². The van der Waals surface area contributed by atoms with E-state index in [9.17, 15) is 40.3 Å². The van der Waals surface area contributed by atoms with Crippen LogP contribution in [0.25, 0.3) is 0 Å². The molecule has 1 heterocycles. The van der Waals surface area contributed by atoms with Crippen LogP contribution in [0.3, 0.4) is 0 Å². The van der Waals surface area contributed by atoms with Crippen LogP contribution in [0.1, 0.15) is 32.6 Å². The van der Waals surface area contributed by atoms with Crippen molar-refractivity contribution in [2.75, 3.05) is 19.6 Å². The van der Waals surface area contributed by atoms with Gasteiger partial charge in [0, 0.05) is 25.2 Å². The Hall–Kier alpha value is -3.89. The van der Waals surface area contributed by atoms with Crippen LogP contribution in [-0.4, -0.2) is 47.3 Å². The van der Waals surface area contributed by atoms with Crippen LogP contribution in [0, 0.1) is 5.82 Å². The summed E-state index contributed by atoms with van der Waals surface area (Å²) in [4.78, 5) is 29.1. The third kappa shape index (κ3) is 6.96. The first kappa shape index (κ1) is 28.1. The predicted octanol–water partition coefficient (Wildman–Crippen LogP) is 6.00. The highest BCUT2D eigenvalue weighted by Crippen LogP contribution is 2.37. The molecule has 0 aromatic heterocycles. The van der Waals surface area contributed by atoms with Crippen molar-refractivity contribution in [2.24, 2.45) is 0 Å². The average molecular weight is 552 g/mol. The molecule has 1 saturated heterocycles. The van der Waals surface area contributed by atoms with E-state index >= 15 is 0 Å². The van der Waals surface area contributed by atoms with Crippen molar-refractivity contribution in [2.45, 2.75) is 31.2 Å². The summed E-state index contributed by atoms with van der Waals surface area (Å²) in [5.74, 6) is -1.74. The first-order chi connectivity index (χ1) is 18.3. The quantitative estimate of drug-likeness (QED) is 0.365. The zero-order valence-electron chi connectivity index (χ0n) is 20.4. The lowest BCUT2D eigenvalue weighted by atomic mass is 9.98. The van der Waals surface area contributed by atoms with Gasteiger partial charge in [-0.1, -0.05) is 42.5 Å². The lowest BCUT2D eigenvalue weighted by molar-refractivity contribution is -0.143. The fourth-order valence-electron chi connectivity index (χ4n) is 4.54. The van der Waals surface area contributed by atoms with E-state index in [0.29, 0.717) is 17.7 Å². The van der Waals surface area contributed by atoms with Gasteiger partial charge in [-0.25, -0.2) is 4.39 Å². The Labute approximate surface area is 219 Å². The fraction of sp³-hybridized carbons (Fsp3) is 0.286. The number of nitrogens with zero attached hydrogens (tertiary/aromatic N) is 2. The molecule has 0 bridgehead atoms. The van der Waals surface area contributed by atoms with Crippen LogP contribution >= 0.6 is 0 Å². The summed E-state index contributed by atoms with van der Waals surface area (Å²) < 4.78 is 93.6. The standard InChI is InChI=1S/C28H23F7N2O2/c29-23-8-6-19(7-9-23)13-25(38)36-10-11-37(24(17-36)12-18-4-2-1-3-5-18)26(39)20-14-21(27(30,31)32)16-22(15-20)28(33,34)35/h1-9,14-16,24H,10-13,17H2/t24-/m1/s1. The van der Waals surface area contributed by atoms with Crippen LogP contribution in [0.4, 0.5) is 30.7 Å². The molecule has 4 rings (SSSR count). The average Bonchev–Trinajstić information content (AvgIpc) is 2.89. The zero-order valence-corrected chi connectivity index (χ0v) is 20.4. The number of alkyl halides is 6. The summed E-state index contributed by atoms with van der Waals surface area (Å²) in [5.41, 5.74) is -2.54. The number of benzene rings is 3. The van der Waals surface area contributed by atoms with Crippen molar-refractivity contribution in [3.8, 4) is 0 Å². The first-order valence-electron chi connectivity index (χ1n) is 12.0. The van der Waals surface area contributed by atoms with Crippen LogP contribution < -0.4 is 0 Å². The molecular formula is C28H23F7N2O2. The van der Waals surface area contributed by atoms with Crippen molar-refractivity contribution in [3.05, 3.63) is 106 Å². The number of carbonyl (C=O) groups is 2. The monoisotopic (exact) mass is 552 g/mol. The van der Waals surface area contributed by atoms with Crippen molar-refractivity contribution < 1.29 is 40.3 Å². The minimum Gasteiger partial charge on any atom is -0.339 e. The maximum Gasteiger partial charge on any atom is 0.416 e. The Balaban J connectivity index is 1.62. The van der Waals surface area contributed by atoms with Gasteiger partial charge in [0.2, 0.25) is 5.91 Å². The topological polar surface area (TPSA) is 40.6 Å². The molecule has 0 unspecified atom stereocenters. The highest BCUT2D eigenvalue weighted by molar-refractivity contribution is 5.95. The lowest BCUT2D eigenvalue weighted by Gasteiger charge is -2.42. The summed E-state index contributed by atoms with van der Waals surface area (Å²) in [6.45, 7) is -0.0447. The van der Waals surface area contributed by atoms with Crippen LogP contribution in [-0.2, 0) is 30.0 Å². The van der Waals surface area contributed by atoms with Gasteiger partial charge < -0.3 is 9.80 Å². The SMILES string of the molecule is O=C(Cc1ccc(F)cc1)N1CCN(C(=O)c2cc(C(F)(F)F)cc(C(F)(F)F)c2)[C@H](Cc2ccccc2)C1. The molecular weight excluding hydrogens is 529 g/mol. The van der Waals surface area contributed by atoms with Crippen molar-refractivity contribution in [3.63, 3.8) is 0 Å². The number of rotatable bonds is 5. The van der Waals surface area contributed by atoms with E-state index in [-0.39, 0.29) is 44.4 Å². The van der Waals surface area contributed by atoms with Gasteiger partial charge in [-0.2, -0.15) is 26.3 Å². The minimum absolute atomic E-state index is 0.0196. The molecule has 1 aliphatic rings. The van der Waals surface area contributed by atoms with Crippen LogP contribution in [0.2, 0.25) is 0 Å². The van der Waals surface area contributed by atoms with E-state index in [1.165, 1.54) is 34.1 Å². The van der Waals surface area contributed by atoms with Gasteiger partial charge in [0.05, 0.1) is 23.6 Å². The largest absolute Gasteiger partial charge is 0.416 e. The van der Waals surface area contributed by atoms with Gasteiger partial charge >= 0.3 is 12.4 Å². The summed E-state index contributed by atoms with van der Waals surface area (Å²) in [5, 5.41) is 0. The molecule has 2 amide bonds. The van der Waals surface area contributed by atoms with E-state index < -0.39 is 46.8 Å². The highest BCUT2D eigenvalue weighted by Gasteiger charge is 2.39. The van der Waals surface area contributed by atoms with E-state index in [0.717, 1.165) is 5.56 Å². The van der Waals surface area contributed by atoms with E-state index in [1.54, 1.807) is 30.3 Å². The van der Waals surface area contributed by atoms with Crippen LogP contribution in [0.5, 0.6) is 0 Å². The molecule has 11 heteroatoms. The molecule has 0 spiro atoms. The second-order valence-electron chi connectivity index (χ2n) is 9.28. The Bertz CT molecular complexity index is 1290. The second kappa shape index (κ2) is 11.1. The molecule has 1 aliphatic heterocycles. The Morgan fingerprint density at radius 2 is 1.36 bits per heavy atom. The number of piperazine rings is 1. The van der Waals surface area contributed by atoms with Crippen LogP contribution in [0.15, 0.2) is 72.8 Å². The summed E-state index contributed by atoms with van der Waals surface area (Å²) in [7, 11) is 0. The van der Waals surface area contributed by atoms with Crippen molar-refractivity contribution in [1.29, 1.82) is 0 Å². The molecule has 0 saturated carbocycles. The third-order valence-electron chi connectivity index (χ3n) is 6.51. The van der Waals surface area contributed by atoms with Gasteiger partial charge in [-0.15, -0.1) is 0 Å². The van der Waals surface area contributed by atoms with E-state index in [2.05, 4.69) is 0 Å².